The van der Waals surface area contributed by atoms with Gasteiger partial charge in [0.25, 0.3) is 0 Å². The van der Waals surface area contributed by atoms with Crippen LogP contribution in [0.25, 0.3) is 0 Å². The van der Waals surface area contributed by atoms with Crippen LogP contribution < -0.4 is 5.32 Å². The summed E-state index contributed by atoms with van der Waals surface area (Å²) < 4.78 is 7.01. The van der Waals surface area contributed by atoms with E-state index in [4.69, 9.17) is 4.74 Å². The lowest BCUT2D eigenvalue weighted by atomic mass is 9.92. The molecule has 1 aromatic rings. The average Bonchev–Trinajstić information content (AvgIpc) is 3.01. The number of hydrogen-bond donors (Lipinski definition) is 1. The number of ether oxygens (including phenoxy) is 1. The fraction of sp³-hybridized carbons (Fsp3) is 0.923. The molecule has 1 atom stereocenters. The van der Waals surface area contributed by atoms with Gasteiger partial charge in [-0.3, -0.25) is 0 Å². The first-order valence-electron chi connectivity index (χ1n) is 7.07. The molecule has 1 aliphatic rings. The molecule has 108 valence electrons. The van der Waals surface area contributed by atoms with Gasteiger partial charge in [-0.2, -0.15) is 0 Å². The summed E-state index contributed by atoms with van der Waals surface area (Å²) in [5.41, 5.74) is 0.413. The Morgan fingerprint density at radius 3 is 2.68 bits per heavy atom. The second-order valence-corrected chi connectivity index (χ2v) is 5.88. The Morgan fingerprint density at radius 1 is 1.37 bits per heavy atom. The van der Waals surface area contributed by atoms with E-state index < -0.39 is 0 Å². The van der Waals surface area contributed by atoms with Crippen molar-refractivity contribution < 1.29 is 4.74 Å². The first-order valence-corrected chi connectivity index (χ1v) is 7.07. The fourth-order valence-electron chi connectivity index (χ4n) is 2.48. The molecule has 1 saturated carbocycles. The summed E-state index contributed by atoms with van der Waals surface area (Å²) in [5.74, 6) is 1.60. The number of hydrogen-bond acceptors (Lipinski definition) is 5. The van der Waals surface area contributed by atoms with Gasteiger partial charge in [0.15, 0.2) is 5.82 Å². The third-order valence-corrected chi connectivity index (χ3v) is 4.29. The SMILES string of the molecule is COCCNC(C)c1nnnn1CC1(C(C)C)CC1. The lowest BCUT2D eigenvalue weighted by molar-refractivity contribution is 0.195. The van der Waals surface area contributed by atoms with Crippen LogP contribution in [0.4, 0.5) is 0 Å². The maximum atomic E-state index is 5.04. The Labute approximate surface area is 114 Å². The van der Waals surface area contributed by atoms with Crippen molar-refractivity contribution >= 4 is 0 Å². The summed E-state index contributed by atoms with van der Waals surface area (Å²) in [7, 11) is 1.70. The van der Waals surface area contributed by atoms with Crippen molar-refractivity contribution in [3.05, 3.63) is 5.82 Å². The zero-order valence-corrected chi connectivity index (χ0v) is 12.4. The highest BCUT2D eigenvalue weighted by atomic mass is 16.5. The Kier molecular flexibility index (Phi) is 4.52. The van der Waals surface area contributed by atoms with Gasteiger partial charge >= 0.3 is 0 Å². The number of aromatic nitrogens is 4. The van der Waals surface area contributed by atoms with Crippen LogP contribution in [0, 0.1) is 11.3 Å². The first kappa shape index (κ1) is 14.4. The first-order chi connectivity index (χ1) is 9.09. The molecule has 2 rings (SSSR count). The maximum absolute atomic E-state index is 5.04. The van der Waals surface area contributed by atoms with Crippen molar-refractivity contribution in [2.24, 2.45) is 11.3 Å². The molecule has 1 aliphatic carbocycles. The van der Waals surface area contributed by atoms with Crippen molar-refractivity contribution in [2.75, 3.05) is 20.3 Å². The lowest BCUT2D eigenvalue weighted by Crippen LogP contribution is -2.28. The van der Waals surface area contributed by atoms with Crippen LogP contribution >= 0.6 is 0 Å². The second kappa shape index (κ2) is 5.96. The topological polar surface area (TPSA) is 64.9 Å². The Balaban J connectivity index is 1.97. The molecule has 6 nitrogen and oxygen atoms in total. The fourth-order valence-corrected chi connectivity index (χ4v) is 2.48. The van der Waals surface area contributed by atoms with Crippen LogP contribution in [0.15, 0.2) is 0 Å². The summed E-state index contributed by atoms with van der Waals surface area (Å²) in [6, 6.07) is 0.146. The van der Waals surface area contributed by atoms with Gasteiger partial charge in [0.2, 0.25) is 0 Å². The number of rotatable bonds is 8. The predicted octanol–water partition coefficient (Wildman–Crippen LogP) is 1.41. The monoisotopic (exact) mass is 267 g/mol. The molecule has 1 N–H and O–H groups in total. The summed E-state index contributed by atoms with van der Waals surface area (Å²) in [5, 5.41) is 15.5. The Bertz CT molecular complexity index is 399. The van der Waals surface area contributed by atoms with E-state index in [-0.39, 0.29) is 6.04 Å². The van der Waals surface area contributed by atoms with Gasteiger partial charge in [-0.05, 0) is 41.5 Å². The van der Waals surface area contributed by atoms with Crippen molar-refractivity contribution in [1.82, 2.24) is 25.5 Å². The van der Waals surface area contributed by atoms with Crippen molar-refractivity contribution in [3.8, 4) is 0 Å². The average molecular weight is 267 g/mol. The number of nitrogens with one attached hydrogen (secondary N) is 1. The van der Waals surface area contributed by atoms with Gasteiger partial charge in [-0.15, -0.1) is 5.10 Å². The predicted molar refractivity (Wildman–Crippen MR) is 72.6 cm³/mol. The third-order valence-electron chi connectivity index (χ3n) is 4.29. The van der Waals surface area contributed by atoms with Crippen molar-refractivity contribution in [3.63, 3.8) is 0 Å². The van der Waals surface area contributed by atoms with E-state index in [1.807, 2.05) is 4.68 Å². The van der Waals surface area contributed by atoms with Crippen LogP contribution in [0.1, 0.15) is 45.5 Å². The molecule has 1 unspecified atom stereocenters. The van der Waals surface area contributed by atoms with Crippen LogP contribution in [-0.4, -0.2) is 40.5 Å². The van der Waals surface area contributed by atoms with E-state index in [1.54, 1.807) is 7.11 Å². The van der Waals surface area contributed by atoms with Crippen molar-refractivity contribution in [2.45, 2.75) is 46.2 Å². The Hall–Kier alpha value is -1.01. The lowest BCUT2D eigenvalue weighted by Gasteiger charge is -2.21. The highest BCUT2D eigenvalue weighted by Crippen LogP contribution is 2.53. The summed E-state index contributed by atoms with van der Waals surface area (Å²) >= 11 is 0. The molecule has 1 heterocycles. The molecule has 0 amide bonds. The van der Waals surface area contributed by atoms with Gasteiger partial charge in [-0.1, -0.05) is 13.8 Å². The highest BCUT2D eigenvalue weighted by Gasteiger charge is 2.46. The molecule has 0 radical (unpaired) electrons. The van der Waals surface area contributed by atoms with Crippen LogP contribution in [0.5, 0.6) is 0 Å². The van der Waals surface area contributed by atoms with Gasteiger partial charge < -0.3 is 10.1 Å². The standard InChI is InChI=1S/C13H25N5O/c1-10(2)13(5-6-13)9-18-12(15-16-17-18)11(3)14-7-8-19-4/h10-11,14H,5-9H2,1-4H3. The third kappa shape index (κ3) is 3.30. The molecule has 19 heavy (non-hydrogen) atoms. The molecule has 0 aliphatic heterocycles. The zero-order valence-electron chi connectivity index (χ0n) is 12.4. The molecule has 1 aromatic heterocycles. The normalized spacial score (nSPS) is 18.8. The maximum Gasteiger partial charge on any atom is 0.167 e. The van der Waals surface area contributed by atoms with E-state index >= 15 is 0 Å². The van der Waals surface area contributed by atoms with Gasteiger partial charge in [0, 0.05) is 13.7 Å². The quantitative estimate of drug-likeness (QED) is 0.721. The van der Waals surface area contributed by atoms with Gasteiger partial charge in [0.1, 0.15) is 0 Å². The van der Waals surface area contributed by atoms with Gasteiger partial charge in [-0.25, -0.2) is 4.68 Å². The molecular weight excluding hydrogens is 242 g/mol. The Morgan fingerprint density at radius 2 is 2.11 bits per heavy atom. The minimum atomic E-state index is 0.146. The molecule has 0 bridgehead atoms. The van der Waals surface area contributed by atoms with E-state index in [1.165, 1.54) is 12.8 Å². The molecule has 6 heteroatoms. The number of nitrogens with zero attached hydrogens (tertiary/aromatic N) is 4. The van der Waals surface area contributed by atoms with E-state index in [2.05, 4.69) is 41.6 Å². The van der Waals surface area contributed by atoms with Crippen LogP contribution in [-0.2, 0) is 11.3 Å². The zero-order chi connectivity index (χ0) is 13.9. The number of tetrazole rings is 1. The summed E-state index contributed by atoms with van der Waals surface area (Å²) in [6.07, 6.45) is 2.57. The molecule has 1 fully saturated rings. The summed E-state index contributed by atoms with van der Waals surface area (Å²) in [6.45, 7) is 9.10. The summed E-state index contributed by atoms with van der Waals surface area (Å²) in [4.78, 5) is 0. The number of methoxy groups -OCH3 is 1. The minimum absolute atomic E-state index is 0.146. The highest BCUT2D eigenvalue weighted by molar-refractivity contribution is 4.98. The van der Waals surface area contributed by atoms with Crippen LogP contribution in [0.3, 0.4) is 0 Å². The van der Waals surface area contributed by atoms with Gasteiger partial charge in [0.05, 0.1) is 19.2 Å². The van der Waals surface area contributed by atoms with Crippen molar-refractivity contribution in [1.29, 1.82) is 0 Å². The molecule has 0 spiro atoms. The second-order valence-electron chi connectivity index (χ2n) is 5.88. The van der Waals surface area contributed by atoms with E-state index in [0.29, 0.717) is 17.9 Å². The van der Waals surface area contributed by atoms with E-state index in [0.717, 1.165) is 18.9 Å². The minimum Gasteiger partial charge on any atom is -0.383 e. The molecule has 0 saturated heterocycles. The largest absolute Gasteiger partial charge is 0.383 e. The molecular formula is C13H25N5O. The van der Waals surface area contributed by atoms with E-state index in [9.17, 15) is 0 Å². The van der Waals surface area contributed by atoms with Crippen LogP contribution in [0.2, 0.25) is 0 Å². The smallest absolute Gasteiger partial charge is 0.167 e. The molecule has 0 aromatic carbocycles.